The van der Waals surface area contributed by atoms with Gasteiger partial charge in [-0.3, -0.25) is 0 Å². The first-order valence-electron chi connectivity index (χ1n) is 5.63. The molecule has 13 heavy (non-hydrogen) atoms. The van der Waals surface area contributed by atoms with Gasteiger partial charge < -0.3 is 0 Å². The fraction of sp³-hybridized carbons (Fsp3) is 1.00. The summed E-state index contributed by atoms with van der Waals surface area (Å²) in [5.41, 5.74) is 0. The van der Waals surface area contributed by atoms with Crippen LogP contribution in [0.4, 0.5) is 0 Å². The zero-order valence-corrected chi connectivity index (χ0v) is 12.3. The lowest BCUT2D eigenvalue weighted by Crippen LogP contribution is -1.98. The van der Waals surface area contributed by atoms with Crippen molar-refractivity contribution in [1.29, 1.82) is 0 Å². The highest BCUT2D eigenvalue weighted by atomic mass is 32.3. The van der Waals surface area contributed by atoms with Gasteiger partial charge in [0.1, 0.15) is 0 Å². The minimum Gasteiger partial charge on any atom is -0.0610 e. The Morgan fingerprint density at radius 2 is 1.62 bits per heavy atom. The van der Waals surface area contributed by atoms with Crippen LogP contribution in [0.25, 0.3) is 0 Å². The van der Waals surface area contributed by atoms with E-state index in [2.05, 4.69) is 27.7 Å². The van der Waals surface area contributed by atoms with E-state index < -0.39 is 13.5 Å². The molecule has 0 aliphatic carbocycles. The van der Waals surface area contributed by atoms with Crippen LogP contribution in [0, 0.1) is 0 Å². The second-order valence-corrected chi connectivity index (χ2v) is 19.2. The summed E-state index contributed by atoms with van der Waals surface area (Å²) in [7, 11) is 1.99. The topological polar surface area (TPSA) is 0 Å². The fourth-order valence-electron chi connectivity index (χ4n) is 2.20. The summed E-state index contributed by atoms with van der Waals surface area (Å²) in [5, 5.41) is 0. The van der Waals surface area contributed by atoms with Gasteiger partial charge in [0.2, 0.25) is 0 Å². The Hall–Kier alpha value is 1.16. The predicted octanol–water partition coefficient (Wildman–Crippen LogP) is 4.89. The largest absolute Gasteiger partial charge is 0.0812 e. The molecule has 1 rings (SSSR count). The fourth-order valence-corrected chi connectivity index (χ4v) is 28.3. The lowest BCUT2D eigenvalue weighted by Gasteiger charge is -2.14. The van der Waals surface area contributed by atoms with E-state index in [0.29, 0.717) is 0 Å². The molecule has 0 saturated carbocycles. The summed E-state index contributed by atoms with van der Waals surface area (Å²) in [6.07, 6.45) is 9.35. The standard InChI is InChI=1S/C10H24P3/c1-5-12(6-2)9-10-13(7-3,8-4)11-12/h5-10H2,1-4H3/q+1. The first-order valence-corrected chi connectivity index (χ1v) is 12.6. The van der Waals surface area contributed by atoms with Crippen molar-refractivity contribution in [1.82, 2.24) is 0 Å². The molecule has 0 spiro atoms. The zero-order chi connectivity index (χ0) is 9.95. The third-order valence-electron chi connectivity index (χ3n) is 3.67. The van der Waals surface area contributed by atoms with Crippen LogP contribution in [-0.2, 0) is 0 Å². The molecule has 78 valence electrons. The van der Waals surface area contributed by atoms with Gasteiger partial charge in [0.25, 0.3) is 0 Å². The van der Waals surface area contributed by atoms with Crippen molar-refractivity contribution in [2.75, 3.05) is 37.0 Å². The Balaban J connectivity index is 2.92. The quantitative estimate of drug-likeness (QED) is 0.610. The maximum absolute atomic E-state index is 2.44. The molecule has 0 bridgehead atoms. The van der Waals surface area contributed by atoms with Gasteiger partial charge in [-0.2, -0.15) is 0 Å². The molecule has 0 radical (unpaired) electrons. The molecular weight excluding hydrogens is 213 g/mol. The first-order chi connectivity index (χ1) is 6.16. The summed E-state index contributed by atoms with van der Waals surface area (Å²) >= 11 is 0. The van der Waals surface area contributed by atoms with Crippen molar-refractivity contribution < 1.29 is 0 Å². The lowest BCUT2D eigenvalue weighted by atomic mass is 10.9. The third-order valence-corrected chi connectivity index (χ3v) is 25.3. The van der Waals surface area contributed by atoms with E-state index in [9.17, 15) is 0 Å². The van der Waals surface area contributed by atoms with Gasteiger partial charge >= 0.3 is 0 Å². The van der Waals surface area contributed by atoms with Crippen LogP contribution in [0.1, 0.15) is 27.7 Å². The highest BCUT2D eigenvalue weighted by Crippen LogP contribution is 2.85. The maximum Gasteiger partial charge on any atom is 0.0812 e. The second-order valence-electron chi connectivity index (χ2n) is 3.99. The Labute approximate surface area is 86.1 Å². The molecule has 0 N–H and O–H groups in total. The molecule has 0 aromatic heterocycles. The monoisotopic (exact) mass is 237 g/mol. The summed E-state index contributed by atoms with van der Waals surface area (Å²) in [4.78, 5) is 0. The van der Waals surface area contributed by atoms with Crippen LogP contribution in [0.2, 0.25) is 0 Å². The molecule has 1 aliphatic rings. The first kappa shape index (κ1) is 12.2. The van der Waals surface area contributed by atoms with Gasteiger partial charge in [0.05, 0.1) is 33.0 Å². The van der Waals surface area contributed by atoms with Crippen LogP contribution >= 0.6 is 21.1 Å². The molecule has 0 saturated heterocycles. The van der Waals surface area contributed by atoms with E-state index in [4.69, 9.17) is 0 Å². The van der Waals surface area contributed by atoms with E-state index in [1.165, 1.54) is 24.6 Å². The van der Waals surface area contributed by atoms with E-state index >= 15 is 0 Å². The second kappa shape index (κ2) is 4.79. The Morgan fingerprint density at radius 3 is 1.85 bits per heavy atom. The molecule has 1 aliphatic heterocycles. The van der Waals surface area contributed by atoms with Crippen LogP contribution in [0.3, 0.4) is 0 Å². The lowest BCUT2D eigenvalue weighted by molar-refractivity contribution is 1.31. The van der Waals surface area contributed by atoms with Crippen LogP contribution < -0.4 is 0 Å². The molecule has 3 heteroatoms. The Morgan fingerprint density at radius 1 is 1.08 bits per heavy atom. The highest BCUT2D eigenvalue weighted by molar-refractivity contribution is 8.47. The van der Waals surface area contributed by atoms with Crippen molar-refractivity contribution in [2.24, 2.45) is 0 Å². The van der Waals surface area contributed by atoms with Gasteiger partial charge in [-0.05, 0) is 32.7 Å². The normalized spacial score (nSPS) is 25.5. The summed E-state index contributed by atoms with van der Waals surface area (Å²) in [6, 6.07) is 0. The van der Waals surface area contributed by atoms with Crippen LogP contribution in [0.15, 0.2) is 0 Å². The smallest absolute Gasteiger partial charge is 0.0610 e. The molecule has 0 atom stereocenters. The van der Waals surface area contributed by atoms with E-state index in [0.717, 1.165) is 0 Å². The number of hydrogen-bond acceptors (Lipinski definition) is 0. The van der Waals surface area contributed by atoms with Crippen molar-refractivity contribution in [2.45, 2.75) is 27.7 Å². The number of hydrogen-bond donors (Lipinski definition) is 0. The summed E-state index contributed by atoms with van der Waals surface area (Å²) in [5.74, 6) is 0. The maximum atomic E-state index is 2.44. The minimum absolute atomic E-state index is 0.442. The summed E-state index contributed by atoms with van der Waals surface area (Å²) < 4.78 is 0. The Kier molecular flexibility index (Phi) is 4.50. The van der Waals surface area contributed by atoms with Gasteiger partial charge in [-0.25, -0.2) is 0 Å². The molecule has 0 aromatic rings. The molecule has 0 nitrogen and oxygen atoms in total. The van der Waals surface area contributed by atoms with Gasteiger partial charge in [-0.15, -0.1) is 0 Å². The molecular formula is C10H24P3+. The van der Waals surface area contributed by atoms with E-state index in [-0.39, 0.29) is 0 Å². The van der Waals surface area contributed by atoms with Gasteiger partial charge in [0, 0.05) is 6.16 Å². The highest BCUT2D eigenvalue weighted by Gasteiger charge is 2.42. The summed E-state index contributed by atoms with van der Waals surface area (Å²) in [6.45, 7) is 8.88. The third kappa shape index (κ3) is 2.40. The molecule has 0 fully saturated rings. The molecule has 0 unspecified atom stereocenters. The van der Waals surface area contributed by atoms with Gasteiger partial charge in [0.15, 0.2) is 0 Å². The number of rotatable bonds is 4. The predicted molar refractivity (Wildman–Crippen MR) is 72.7 cm³/mol. The molecule has 0 aromatic carbocycles. The van der Waals surface area contributed by atoms with Crippen molar-refractivity contribution in [3.8, 4) is 0 Å². The average molecular weight is 237 g/mol. The SMILES string of the molecule is CCP1(CC)=P[P+](CC)(CC)CC1. The van der Waals surface area contributed by atoms with Crippen LogP contribution in [-0.4, -0.2) is 37.0 Å². The molecule has 0 amide bonds. The van der Waals surface area contributed by atoms with Crippen LogP contribution in [0.5, 0.6) is 0 Å². The van der Waals surface area contributed by atoms with Gasteiger partial charge in [-0.1, -0.05) is 13.8 Å². The van der Waals surface area contributed by atoms with E-state index in [1.807, 2.05) is 7.56 Å². The average Bonchev–Trinajstić information content (AvgIpc) is 2.59. The van der Waals surface area contributed by atoms with Crippen molar-refractivity contribution >= 4 is 21.1 Å². The molecule has 1 heterocycles. The Bertz CT molecular complexity index is 208. The zero-order valence-electron chi connectivity index (χ0n) is 9.58. The minimum atomic E-state index is -0.442. The van der Waals surface area contributed by atoms with E-state index in [1.54, 1.807) is 12.3 Å². The van der Waals surface area contributed by atoms with Crippen molar-refractivity contribution in [3.05, 3.63) is 0 Å². The van der Waals surface area contributed by atoms with Crippen molar-refractivity contribution in [3.63, 3.8) is 0 Å².